The third-order valence-electron chi connectivity index (χ3n) is 2.56. The zero-order chi connectivity index (χ0) is 11.5. The fourth-order valence-corrected chi connectivity index (χ4v) is 1.91. The summed E-state index contributed by atoms with van der Waals surface area (Å²) in [6, 6.07) is 8.04. The van der Waals surface area contributed by atoms with Gasteiger partial charge in [-0.1, -0.05) is 24.3 Å². The fraction of sp³-hybridized carbons (Fsp3) is 0.167. The van der Waals surface area contributed by atoms with Crippen molar-refractivity contribution in [1.82, 2.24) is 0 Å². The van der Waals surface area contributed by atoms with Gasteiger partial charge in [-0.2, -0.15) is 4.99 Å². The number of guanidine groups is 1. The van der Waals surface area contributed by atoms with Crippen LogP contribution in [0, 0.1) is 0 Å². The molecule has 2 rings (SSSR count). The summed E-state index contributed by atoms with van der Waals surface area (Å²) >= 11 is 0. The molecular formula is C12H13N3O. The highest BCUT2D eigenvalue weighted by Gasteiger charge is 2.15. The van der Waals surface area contributed by atoms with E-state index in [0.717, 1.165) is 24.0 Å². The molecule has 0 fully saturated rings. The molecule has 82 valence electrons. The molecule has 4 nitrogen and oxygen atoms in total. The Kier molecular flexibility index (Phi) is 2.72. The van der Waals surface area contributed by atoms with E-state index in [-0.39, 0.29) is 5.96 Å². The number of hydrogen-bond donors (Lipinski definition) is 2. The highest BCUT2D eigenvalue weighted by Crippen LogP contribution is 2.31. The SMILES string of the molecule is NC(N)=NC(=O)C=C1CCc2ccccc21. The van der Waals surface area contributed by atoms with Crippen LogP contribution < -0.4 is 11.5 Å². The Hall–Kier alpha value is -2.10. The summed E-state index contributed by atoms with van der Waals surface area (Å²) in [5, 5.41) is 0. The minimum absolute atomic E-state index is 0.201. The topological polar surface area (TPSA) is 81.5 Å². The van der Waals surface area contributed by atoms with Gasteiger partial charge in [0.15, 0.2) is 5.96 Å². The van der Waals surface area contributed by atoms with Crippen molar-refractivity contribution in [3.05, 3.63) is 41.5 Å². The number of allylic oxidation sites excluding steroid dienone is 1. The average Bonchev–Trinajstić information content (AvgIpc) is 2.61. The largest absolute Gasteiger partial charge is 0.370 e. The molecule has 1 amide bonds. The molecule has 1 aromatic rings. The first-order chi connectivity index (χ1) is 7.66. The van der Waals surface area contributed by atoms with Gasteiger partial charge in [-0.3, -0.25) is 4.79 Å². The van der Waals surface area contributed by atoms with E-state index >= 15 is 0 Å². The third kappa shape index (κ3) is 2.11. The molecule has 0 aromatic heterocycles. The molecule has 16 heavy (non-hydrogen) atoms. The number of aryl methyl sites for hydroxylation is 1. The second kappa shape index (κ2) is 4.18. The molecule has 0 radical (unpaired) electrons. The first-order valence-electron chi connectivity index (χ1n) is 5.09. The lowest BCUT2D eigenvalue weighted by Crippen LogP contribution is -2.23. The molecule has 0 heterocycles. The van der Waals surface area contributed by atoms with Crippen LogP contribution in [0.25, 0.3) is 5.57 Å². The second-order valence-corrected chi connectivity index (χ2v) is 3.70. The van der Waals surface area contributed by atoms with Crippen LogP contribution in [0.3, 0.4) is 0 Å². The van der Waals surface area contributed by atoms with Crippen LogP contribution in [0.2, 0.25) is 0 Å². The highest BCUT2D eigenvalue weighted by molar-refractivity contribution is 6.02. The normalized spacial score (nSPS) is 15.9. The maximum atomic E-state index is 11.4. The van der Waals surface area contributed by atoms with Gasteiger partial charge in [0.25, 0.3) is 5.91 Å². The summed E-state index contributed by atoms with van der Waals surface area (Å²) in [6.07, 6.45) is 3.34. The van der Waals surface area contributed by atoms with E-state index < -0.39 is 5.91 Å². The molecule has 1 aliphatic carbocycles. The number of amides is 1. The molecule has 1 aliphatic rings. The lowest BCUT2D eigenvalue weighted by atomic mass is 10.1. The lowest BCUT2D eigenvalue weighted by Gasteiger charge is -1.98. The van der Waals surface area contributed by atoms with Crippen molar-refractivity contribution in [3.8, 4) is 0 Å². The van der Waals surface area contributed by atoms with E-state index in [9.17, 15) is 4.79 Å². The number of benzene rings is 1. The van der Waals surface area contributed by atoms with E-state index in [0.29, 0.717) is 0 Å². The number of carbonyl (C=O) groups is 1. The van der Waals surface area contributed by atoms with Gasteiger partial charge in [-0.15, -0.1) is 0 Å². The summed E-state index contributed by atoms with van der Waals surface area (Å²) in [7, 11) is 0. The number of fused-ring (bicyclic) bond motifs is 1. The van der Waals surface area contributed by atoms with Gasteiger partial charge in [0.2, 0.25) is 0 Å². The molecule has 1 aromatic carbocycles. The van der Waals surface area contributed by atoms with Crippen LogP contribution in [0.4, 0.5) is 0 Å². The van der Waals surface area contributed by atoms with E-state index in [1.807, 2.05) is 18.2 Å². The molecule has 0 saturated carbocycles. The lowest BCUT2D eigenvalue weighted by molar-refractivity contribution is -0.113. The summed E-state index contributed by atoms with van der Waals surface area (Å²) in [4.78, 5) is 14.9. The van der Waals surface area contributed by atoms with Gasteiger partial charge in [-0.05, 0) is 29.5 Å². The number of carbonyl (C=O) groups excluding carboxylic acids is 1. The van der Waals surface area contributed by atoms with E-state index in [1.165, 1.54) is 11.6 Å². The maximum absolute atomic E-state index is 11.4. The molecule has 0 aliphatic heterocycles. The summed E-state index contributed by atoms with van der Waals surface area (Å²) in [6.45, 7) is 0. The summed E-state index contributed by atoms with van der Waals surface area (Å²) in [5.41, 5.74) is 13.7. The number of aliphatic imine (C=N–C) groups is 1. The van der Waals surface area contributed by atoms with Gasteiger partial charge in [0, 0.05) is 6.08 Å². The van der Waals surface area contributed by atoms with Gasteiger partial charge in [0.05, 0.1) is 0 Å². The molecule has 0 saturated heterocycles. The van der Waals surface area contributed by atoms with Crippen LogP contribution in [-0.2, 0) is 11.2 Å². The molecule has 0 spiro atoms. The zero-order valence-corrected chi connectivity index (χ0v) is 8.81. The fourth-order valence-electron chi connectivity index (χ4n) is 1.91. The summed E-state index contributed by atoms with van der Waals surface area (Å²) < 4.78 is 0. The Bertz CT molecular complexity index is 485. The molecule has 0 bridgehead atoms. The van der Waals surface area contributed by atoms with Crippen molar-refractivity contribution in [2.45, 2.75) is 12.8 Å². The van der Waals surface area contributed by atoms with Gasteiger partial charge in [0.1, 0.15) is 0 Å². The molecular weight excluding hydrogens is 202 g/mol. The zero-order valence-electron chi connectivity index (χ0n) is 8.81. The summed E-state index contributed by atoms with van der Waals surface area (Å²) in [5.74, 6) is -0.597. The highest BCUT2D eigenvalue weighted by atomic mass is 16.1. The van der Waals surface area contributed by atoms with Crippen LogP contribution in [0.15, 0.2) is 35.3 Å². The minimum atomic E-state index is -0.397. The van der Waals surface area contributed by atoms with E-state index in [4.69, 9.17) is 11.5 Å². The Morgan fingerprint density at radius 3 is 2.75 bits per heavy atom. The van der Waals surface area contributed by atoms with Gasteiger partial charge in [-0.25, -0.2) is 0 Å². The quantitative estimate of drug-likeness (QED) is 0.413. The van der Waals surface area contributed by atoms with Crippen molar-refractivity contribution in [1.29, 1.82) is 0 Å². The Morgan fingerprint density at radius 2 is 2.00 bits per heavy atom. The van der Waals surface area contributed by atoms with Crippen molar-refractivity contribution >= 4 is 17.4 Å². The Labute approximate surface area is 93.7 Å². The monoisotopic (exact) mass is 215 g/mol. The third-order valence-corrected chi connectivity index (χ3v) is 2.56. The van der Waals surface area contributed by atoms with E-state index in [1.54, 1.807) is 0 Å². The van der Waals surface area contributed by atoms with Crippen molar-refractivity contribution in [3.63, 3.8) is 0 Å². The van der Waals surface area contributed by atoms with Crippen LogP contribution in [0.1, 0.15) is 17.5 Å². The van der Waals surface area contributed by atoms with Crippen LogP contribution in [-0.4, -0.2) is 11.9 Å². The minimum Gasteiger partial charge on any atom is -0.370 e. The van der Waals surface area contributed by atoms with Gasteiger partial charge < -0.3 is 11.5 Å². The van der Waals surface area contributed by atoms with Crippen LogP contribution >= 0.6 is 0 Å². The molecule has 0 atom stereocenters. The van der Waals surface area contributed by atoms with Gasteiger partial charge >= 0.3 is 0 Å². The van der Waals surface area contributed by atoms with Crippen LogP contribution in [0.5, 0.6) is 0 Å². The second-order valence-electron chi connectivity index (χ2n) is 3.70. The number of hydrogen-bond acceptors (Lipinski definition) is 1. The Balaban J connectivity index is 2.29. The Morgan fingerprint density at radius 1 is 1.25 bits per heavy atom. The molecule has 4 N–H and O–H groups in total. The number of nitrogens with two attached hydrogens (primary N) is 2. The average molecular weight is 215 g/mol. The predicted molar refractivity (Wildman–Crippen MR) is 63.6 cm³/mol. The molecule has 4 heteroatoms. The smallest absolute Gasteiger partial charge is 0.273 e. The first kappa shape index (κ1) is 10.4. The number of nitrogens with zero attached hydrogens (tertiary/aromatic N) is 1. The first-order valence-corrected chi connectivity index (χ1v) is 5.09. The number of rotatable bonds is 1. The maximum Gasteiger partial charge on any atom is 0.273 e. The predicted octanol–water partition coefficient (Wildman–Crippen LogP) is 0.816. The molecule has 0 unspecified atom stereocenters. The standard InChI is InChI=1S/C12H13N3O/c13-12(14)15-11(16)7-9-6-5-8-3-1-2-4-10(8)9/h1-4,7H,5-6H2,(H4,13,14,15,16). The van der Waals surface area contributed by atoms with Crippen molar-refractivity contribution in [2.75, 3.05) is 0 Å². The van der Waals surface area contributed by atoms with E-state index in [2.05, 4.69) is 11.1 Å². The van der Waals surface area contributed by atoms with Crippen molar-refractivity contribution in [2.24, 2.45) is 16.5 Å². The van der Waals surface area contributed by atoms with Crippen molar-refractivity contribution < 1.29 is 4.79 Å².